The number of thioether (sulfide) groups is 1. The lowest BCUT2D eigenvalue weighted by Gasteiger charge is -2.05. The van der Waals surface area contributed by atoms with Gasteiger partial charge in [-0.25, -0.2) is 5.43 Å². The molecule has 3 N–H and O–H groups in total. The molecule has 184 valence electrons. The molecule has 36 heavy (non-hydrogen) atoms. The molecule has 0 aliphatic heterocycles. The second-order valence-electron chi connectivity index (χ2n) is 7.41. The Bertz CT molecular complexity index is 1370. The third-order valence-corrected chi connectivity index (χ3v) is 6.25. The van der Waals surface area contributed by atoms with Crippen molar-refractivity contribution in [1.29, 1.82) is 0 Å². The van der Waals surface area contributed by atoms with Gasteiger partial charge >= 0.3 is 5.16 Å². The van der Waals surface area contributed by atoms with Crippen LogP contribution >= 0.6 is 23.4 Å². The Morgan fingerprint density at radius 3 is 2.58 bits per heavy atom. The maximum atomic E-state index is 12.4. The molecule has 1 heterocycles. The smallest absolute Gasteiger partial charge is 0.342 e. The summed E-state index contributed by atoms with van der Waals surface area (Å²) in [4.78, 5) is 12.4. The van der Waals surface area contributed by atoms with Crippen molar-refractivity contribution in [1.82, 2.24) is 15.6 Å². The first-order chi connectivity index (χ1) is 17.5. The summed E-state index contributed by atoms with van der Waals surface area (Å²) in [5.74, 6) is 1.60. The van der Waals surface area contributed by atoms with Crippen molar-refractivity contribution >= 4 is 35.5 Å². The molecule has 0 saturated heterocycles. The van der Waals surface area contributed by atoms with Gasteiger partial charge in [-0.15, -0.1) is 5.10 Å². The lowest BCUT2D eigenvalue weighted by Crippen LogP contribution is -2.34. The van der Waals surface area contributed by atoms with E-state index in [1.54, 1.807) is 31.4 Å². The van der Waals surface area contributed by atoms with Gasteiger partial charge in [-0.1, -0.05) is 11.6 Å². The zero-order valence-corrected chi connectivity index (χ0v) is 21.0. The minimum absolute atomic E-state index is 0.0251. The number of amides is 1. The molecule has 3 aromatic carbocycles. The van der Waals surface area contributed by atoms with E-state index in [0.717, 1.165) is 22.8 Å². The van der Waals surface area contributed by atoms with Gasteiger partial charge in [-0.05, 0) is 84.1 Å². The molecule has 0 radical (unpaired) electrons. The summed E-state index contributed by atoms with van der Waals surface area (Å²) >= 11 is 7.34. The number of methoxy groups -OCH3 is 2. The Labute approximate surface area is 216 Å². The monoisotopic (exact) mass is 524 g/mol. The highest BCUT2D eigenvalue weighted by molar-refractivity contribution is 7.99. The number of aromatic nitrogens is 3. The van der Waals surface area contributed by atoms with Crippen LogP contribution < -0.4 is 19.5 Å². The normalized spacial score (nSPS) is 11.0. The Kier molecular flexibility index (Phi) is 8.09. The van der Waals surface area contributed by atoms with E-state index in [9.17, 15) is 9.90 Å². The van der Waals surface area contributed by atoms with Gasteiger partial charge in [0.25, 0.3) is 11.7 Å². The average Bonchev–Trinajstić information content (AvgIpc) is 3.33. The molecule has 4 aromatic rings. The predicted molar refractivity (Wildman–Crippen MR) is 138 cm³/mol. The summed E-state index contributed by atoms with van der Waals surface area (Å²) < 4.78 is 12.2. The van der Waals surface area contributed by atoms with Crippen molar-refractivity contribution in [3.05, 3.63) is 77.3 Å². The molecule has 0 fully saturated rings. The van der Waals surface area contributed by atoms with E-state index < -0.39 is 0 Å². The van der Waals surface area contributed by atoms with Crippen LogP contribution in [-0.2, 0) is 4.79 Å². The number of hydrogen-bond donors (Lipinski definition) is 3. The lowest BCUT2D eigenvalue weighted by atomic mass is 10.2. The number of hydrogen-bond acceptors (Lipinski definition) is 7. The van der Waals surface area contributed by atoms with Crippen LogP contribution in [0.3, 0.4) is 0 Å². The number of nitrogens with zero attached hydrogens (tertiary/aromatic N) is 3. The number of benzene rings is 3. The van der Waals surface area contributed by atoms with Gasteiger partial charge in [-0.2, -0.15) is 9.67 Å². The second kappa shape index (κ2) is 11.6. The van der Waals surface area contributed by atoms with Crippen molar-refractivity contribution in [3.63, 3.8) is 0 Å². The molecule has 0 saturated carbocycles. The molecule has 0 unspecified atom stereocenters. The first kappa shape index (κ1) is 25.1. The largest absolute Gasteiger partial charge is 0.504 e. The Balaban J connectivity index is 1.50. The van der Waals surface area contributed by atoms with E-state index in [1.165, 1.54) is 31.2 Å². The third-order valence-electron chi connectivity index (χ3n) is 5.06. The number of carbonyl (C=O) groups excluding carboxylic acids is 1. The number of rotatable bonds is 9. The van der Waals surface area contributed by atoms with Gasteiger partial charge in [0.1, 0.15) is 11.4 Å². The van der Waals surface area contributed by atoms with Crippen LogP contribution in [-0.4, -0.2) is 47.4 Å². The number of hydrazone groups is 1. The maximum absolute atomic E-state index is 12.4. The highest BCUT2D eigenvalue weighted by Gasteiger charge is 2.24. The first-order valence-corrected chi connectivity index (χ1v) is 12.1. The molecule has 0 aliphatic rings. The van der Waals surface area contributed by atoms with Crippen molar-refractivity contribution in [2.75, 3.05) is 20.0 Å². The molecular weight excluding hydrogens is 502 g/mol. The molecule has 0 atom stereocenters. The summed E-state index contributed by atoms with van der Waals surface area (Å²) in [7, 11) is 3.07. The summed E-state index contributed by atoms with van der Waals surface area (Å²) in [5, 5.41) is 22.4. The van der Waals surface area contributed by atoms with Crippen molar-refractivity contribution in [2.24, 2.45) is 5.10 Å². The van der Waals surface area contributed by atoms with E-state index in [4.69, 9.17) is 21.1 Å². The zero-order valence-electron chi connectivity index (χ0n) is 19.4. The van der Waals surface area contributed by atoms with Crippen LogP contribution in [0.15, 0.2) is 77.0 Å². The fraction of sp³-hybridized carbons (Fsp3) is 0.120. The van der Waals surface area contributed by atoms with Crippen LogP contribution in [0, 0.1) is 0 Å². The molecule has 1 aromatic heterocycles. The van der Waals surface area contributed by atoms with E-state index in [1.807, 2.05) is 41.0 Å². The Hall–Kier alpha value is -4.02. The molecule has 9 nitrogen and oxygen atoms in total. The average molecular weight is 525 g/mol. The highest BCUT2D eigenvalue weighted by atomic mass is 35.5. The first-order valence-electron chi connectivity index (χ1n) is 10.7. The third kappa shape index (κ3) is 5.96. The number of halogens is 1. The predicted octanol–water partition coefficient (Wildman–Crippen LogP) is 3.97. The SMILES string of the molecule is COc1ccc(-c2[nH]nc(SCC(=O)NN=Cc3ccc(O)c(OC)c3)[n+]2-c2ccc(Cl)cc2)cc1. The molecule has 4 rings (SSSR count). The Morgan fingerprint density at radius 1 is 1.14 bits per heavy atom. The van der Waals surface area contributed by atoms with E-state index in [0.29, 0.717) is 21.5 Å². The molecule has 1 amide bonds. The number of ether oxygens (including phenoxy) is 2. The summed E-state index contributed by atoms with van der Waals surface area (Å²) in [6.45, 7) is 0. The summed E-state index contributed by atoms with van der Waals surface area (Å²) in [6.07, 6.45) is 1.47. The van der Waals surface area contributed by atoms with Gasteiger partial charge in [0.2, 0.25) is 0 Å². The van der Waals surface area contributed by atoms with Gasteiger partial charge in [0, 0.05) is 5.02 Å². The highest BCUT2D eigenvalue weighted by Crippen LogP contribution is 2.26. The number of carbonyl (C=O) groups is 1. The lowest BCUT2D eigenvalue weighted by molar-refractivity contribution is -0.625. The number of H-pyrrole nitrogens is 1. The molecule has 0 aliphatic carbocycles. The standard InChI is InChI=1S/C25H22ClN5O4S/c1-34-20-10-4-17(5-11-20)24-29-30-25(31(24)19-8-6-18(26)7-9-19)36-15-23(33)28-27-14-16-3-12-21(32)22(13-16)35-2/h3-14H,15H2,1-2H3,(H2,27,28,32,33)/p+1. The van der Waals surface area contributed by atoms with Crippen LogP contribution in [0.2, 0.25) is 5.02 Å². The van der Waals surface area contributed by atoms with Gasteiger partial charge in [0.15, 0.2) is 11.5 Å². The number of phenols is 1. The quantitative estimate of drug-likeness (QED) is 0.132. The van der Waals surface area contributed by atoms with Crippen molar-refractivity contribution in [3.8, 4) is 34.3 Å². The van der Waals surface area contributed by atoms with Gasteiger partial charge in [0.05, 0.1) is 36.8 Å². The van der Waals surface area contributed by atoms with E-state index in [2.05, 4.69) is 20.7 Å². The van der Waals surface area contributed by atoms with Crippen molar-refractivity contribution in [2.45, 2.75) is 5.16 Å². The fourth-order valence-electron chi connectivity index (χ4n) is 3.28. The second-order valence-corrected chi connectivity index (χ2v) is 8.79. The number of aromatic amines is 1. The topological polar surface area (TPSA) is 113 Å². The minimum Gasteiger partial charge on any atom is -0.504 e. The van der Waals surface area contributed by atoms with Gasteiger partial charge in [-0.3, -0.25) is 4.79 Å². The zero-order chi connectivity index (χ0) is 25.5. The Morgan fingerprint density at radius 2 is 1.89 bits per heavy atom. The molecule has 0 spiro atoms. The van der Waals surface area contributed by atoms with Crippen LogP contribution in [0.25, 0.3) is 17.1 Å². The van der Waals surface area contributed by atoms with E-state index >= 15 is 0 Å². The van der Waals surface area contributed by atoms with Crippen LogP contribution in [0.1, 0.15) is 5.56 Å². The fourth-order valence-corrected chi connectivity index (χ4v) is 4.17. The van der Waals surface area contributed by atoms with Crippen LogP contribution in [0.5, 0.6) is 17.2 Å². The molecule has 0 bridgehead atoms. The van der Waals surface area contributed by atoms with Crippen molar-refractivity contribution < 1.29 is 23.9 Å². The number of aromatic hydroxyl groups is 1. The van der Waals surface area contributed by atoms with Gasteiger partial charge < -0.3 is 14.6 Å². The molecule has 11 heteroatoms. The summed E-state index contributed by atoms with van der Waals surface area (Å²) in [6, 6.07) is 19.7. The maximum Gasteiger partial charge on any atom is 0.342 e. The molecular formula is C25H23ClN5O4S+. The number of phenolic OH excluding ortho intramolecular Hbond substituents is 1. The number of nitrogens with one attached hydrogen (secondary N) is 2. The summed E-state index contributed by atoms with van der Waals surface area (Å²) in [5.41, 5.74) is 4.89. The van der Waals surface area contributed by atoms with E-state index in [-0.39, 0.29) is 17.4 Å². The van der Waals surface area contributed by atoms with Crippen LogP contribution in [0.4, 0.5) is 0 Å². The minimum atomic E-state index is -0.307.